The highest BCUT2D eigenvalue weighted by Gasteiger charge is 2.27. The molecule has 8 heteroatoms. The lowest BCUT2D eigenvalue weighted by Crippen LogP contribution is -2.34. The molecule has 1 saturated heterocycles. The summed E-state index contributed by atoms with van der Waals surface area (Å²) < 4.78 is 4.82. The molecule has 0 amide bonds. The molecule has 1 N–H and O–H groups in total. The minimum Gasteiger partial charge on any atom is -0.465 e. The first kappa shape index (κ1) is 18.0. The summed E-state index contributed by atoms with van der Waals surface area (Å²) in [5, 5.41) is 11.1. The molecular formula is C20H20N4O4. The van der Waals surface area contributed by atoms with Crippen LogP contribution in [0.1, 0.15) is 34.9 Å². The molecule has 0 bridgehead atoms. The maximum absolute atomic E-state index is 12.2. The Morgan fingerprint density at radius 2 is 2.00 bits per heavy atom. The first-order valence-electron chi connectivity index (χ1n) is 9.13. The number of aromatic amines is 1. The summed E-state index contributed by atoms with van der Waals surface area (Å²) in [5.74, 6) is 0.721. The molecule has 3 aromatic rings. The van der Waals surface area contributed by atoms with Crippen LogP contribution in [0.25, 0.3) is 11.0 Å². The number of non-ortho nitro benzene ring substituents is 1. The average Bonchev–Trinajstić information content (AvgIpc) is 3.17. The van der Waals surface area contributed by atoms with Crippen LogP contribution in [0.3, 0.4) is 0 Å². The van der Waals surface area contributed by atoms with Crippen molar-refractivity contribution in [3.8, 4) is 0 Å². The first-order valence-corrected chi connectivity index (χ1v) is 9.13. The smallest absolute Gasteiger partial charge is 0.340 e. The van der Waals surface area contributed by atoms with Gasteiger partial charge in [0.05, 0.1) is 34.3 Å². The Balaban J connectivity index is 1.54. The number of ether oxygens (including phenoxy) is 1. The second-order valence-corrected chi connectivity index (χ2v) is 6.85. The van der Waals surface area contributed by atoms with Crippen molar-refractivity contribution in [1.82, 2.24) is 9.97 Å². The number of para-hydroxylation sites is 2. The van der Waals surface area contributed by atoms with Crippen molar-refractivity contribution in [2.75, 3.05) is 25.1 Å². The van der Waals surface area contributed by atoms with Gasteiger partial charge in [-0.15, -0.1) is 0 Å². The van der Waals surface area contributed by atoms with E-state index in [4.69, 9.17) is 9.72 Å². The van der Waals surface area contributed by atoms with E-state index in [1.807, 2.05) is 24.3 Å². The van der Waals surface area contributed by atoms with E-state index in [-0.39, 0.29) is 11.3 Å². The van der Waals surface area contributed by atoms with Gasteiger partial charge in [0.15, 0.2) is 0 Å². The molecule has 0 spiro atoms. The van der Waals surface area contributed by atoms with Crippen molar-refractivity contribution < 1.29 is 14.5 Å². The quantitative estimate of drug-likeness (QED) is 0.421. The first-order chi connectivity index (χ1) is 13.6. The second-order valence-electron chi connectivity index (χ2n) is 6.85. The lowest BCUT2D eigenvalue weighted by Gasteiger charge is -2.33. The molecule has 2 heterocycles. The van der Waals surface area contributed by atoms with Gasteiger partial charge in [0.25, 0.3) is 5.69 Å². The zero-order chi connectivity index (χ0) is 19.7. The van der Waals surface area contributed by atoms with Crippen LogP contribution >= 0.6 is 0 Å². The highest BCUT2D eigenvalue weighted by atomic mass is 16.6. The number of benzene rings is 2. The fraction of sp³-hybridized carbons (Fsp3) is 0.300. The van der Waals surface area contributed by atoms with Gasteiger partial charge in [-0.3, -0.25) is 10.1 Å². The van der Waals surface area contributed by atoms with Crippen molar-refractivity contribution in [3.63, 3.8) is 0 Å². The van der Waals surface area contributed by atoms with Crippen LogP contribution < -0.4 is 4.90 Å². The summed E-state index contributed by atoms with van der Waals surface area (Å²) in [7, 11) is 1.28. The van der Waals surface area contributed by atoms with Crippen molar-refractivity contribution in [1.29, 1.82) is 0 Å². The molecular weight excluding hydrogens is 360 g/mol. The Morgan fingerprint density at radius 1 is 1.25 bits per heavy atom. The number of hydrogen-bond donors (Lipinski definition) is 1. The van der Waals surface area contributed by atoms with Crippen LogP contribution in [0, 0.1) is 10.1 Å². The van der Waals surface area contributed by atoms with Gasteiger partial charge >= 0.3 is 5.97 Å². The van der Waals surface area contributed by atoms with Crippen LogP contribution in [-0.2, 0) is 4.74 Å². The minimum atomic E-state index is -0.571. The monoisotopic (exact) mass is 380 g/mol. The standard InChI is InChI=1S/C20H20N4O4/c1-28-20(25)15-12-14(24(26)27)6-7-18(15)23-10-8-13(9-11-23)19-21-16-4-2-3-5-17(16)22-19/h2-7,12-13H,8-11H2,1H3,(H,21,22). The van der Waals surface area contributed by atoms with Crippen LogP contribution in [0.15, 0.2) is 42.5 Å². The van der Waals surface area contributed by atoms with Gasteiger partial charge in [0.2, 0.25) is 0 Å². The predicted octanol–water partition coefficient (Wildman–Crippen LogP) is 3.64. The molecule has 0 saturated carbocycles. The highest BCUT2D eigenvalue weighted by Crippen LogP contribution is 2.33. The molecule has 8 nitrogen and oxygen atoms in total. The number of aromatic nitrogens is 2. The number of methoxy groups -OCH3 is 1. The number of carbonyl (C=O) groups excluding carboxylic acids is 1. The number of fused-ring (bicyclic) bond motifs is 1. The molecule has 1 aliphatic rings. The number of imidazole rings is 1. The summed E-state index contributed by atoms with van der Waals surface area (Å²) in [6.07, 6.45) is 1.74. The Kier molecular flexibility index (Phi) is 4.68. The molecule has 0 aliphatic carbocycles. The summed E-state index contributed by atoms with van der Waals surface area (Å²) in [5.41, 5.74) is 2.76. The predicted molar refractivity (Wildman–Crippen MR) is 105 cm³/mol. The fourth-order valence-electron chi connectivity index (χ4n) is 3.75. The third-order valence-corrected chi connectivity index (χ3v) is 5.23. The number of hydrogen-bond acceptors (Lipinski definition) is 6. The SMILES string of the molecule is COC(=O)c1cc([N+](=O)[O-])ccc1N1CCC(c2nc3ccccc3[nH]2)CC1. The maximum atomic E-state index is 12.2. The molecule has 4 rings (SSSR count). The number of piperidine rings is 1. The lowest BCUT2D eigenvalue weighted by atomic mass is 9.95. The Labute approximate surface area is 161 Å². The minimum absolute atomic E-state index is 0.124. The number of nitro groups is 1. The number of rotatable bonds is 4. The highest BCUT2D eigenvalue weighted by molar-refractivity contribution is 5.96. The number of H-pyrrole nitrogens is 1. The van der Waals surface area contributed by atoms with Gasteiger partial charge < -0.3 is 14.6 Å². The summed E-state index contributed by atoms with van der Waals surface area (Å²) in [6.45, 7) is 1.45. The zero-order valence-corrected chi connectivity index (χ0v) is 15.4. The Hall–Kier alpha value is -3.42. The number of esters is 1. The van der Waals surface area contributed by atoms with E-state index in [2.05, 4.69) is 9.88 Å². The maximum Gasteiger partial charge on any atom is 0.340 e. The number of carbonyl (C=O) groups is 1. The van der Waals surface area contributed by atoms with E-state index < -0.39 is 10.9 Å². The largest absolute Gasteiger partial charge is 0.465 e. The molecule has 0 unspecified atom stereocenters. The molecule has 1 aliphatic heterocycles. The van der Waals surface area contributed by atoms with Gasteiger partial charge in [0, 0.05) is 31.1 Å². The molecule has 1 fully saturated rings. The van der Waals surface area contributed by atoms with Crippen LogP contribution in [0.4, 0.5) is 11.4 Å². The van der Waals surface area contributed by atoms with Gasteiger partial charge in [0.1, 0.15) is 5.82 Å². The van der Waals surface area contributed by atoms with Gasteiger partial charge in [-0.1, -0.05) is 12.1 Å². The van der Waals surface area contributed by atoms with Gasteiger partial charge in [-0.2, -0.15) is 0 Å². The van der Waals surface area contributed by atoms with E-state index in [1.54, 1.807) is 6.07 Å². The van der Waals surface area contributed by atoms with Gasteiger partial charge in [-0.25, -0.2) is 9.78 Å². The molecule has 1 aromatic heterocycles. The Bertz CT molecular complexity index is 1000. The van der Waals surface area contributed by atoms with Crippen molar-refractivity contribution >= 4 is 28.4 Å². The molecule has 28 heavy (non-hydrogen) atoms. The van der Waals surface area contributed by atoms with Crippen molar-refractivity contribution in [3.05, 3.63) is 64.0 Å². The lowest BCUT2D eigenvalue weighted by molar-refractivity contribution is -0.384. The number of anilines is 1. The van der Waals surface area contributed by atoms with E-state index in [0.717, 1.165) is 42.8 Å². The van der Waals surface area contributed by atoms with Crippen LogP contribution in [0.2, 0.25) is 0 Å². The van der Waals surface area contributed by atoms with Crippen molar-refractivity contribution in [2.24, 2.45) is 0 Å². The van der Waals surface area contributed by atoms with E-state index >= 15 is 0 Å². The normalized spacial score (nSPS) is 15.0. The van der Waals surface area contributed by atoms with Crippen molar-refractivity contribution in [2.45, 2.75) is 18.8 Å². The van der Waals surface area contributed by atoms with Crippen LogP contribution in [-0.4, -0.2) is 41.1 Å². The Morgan fingerprint density at radius 3 is 2.68 bits per heavy atom. The third-order valence-electron chi connectivity index (χ3n) is 5.23. The summed E-state index contributed by atoms with van der Waals surface area (Å²) >= 11 is 0. The summed E-state index contributed by atoms with van der Waals surface area (Å²) in [6, 6.07) is 12.3. The second kappa shape index (κ2) is 7.30. The molecule has 0 atom stereocenters. The zero-order valence-electron chi connectivity index (χ0n) is 15.4. The van der Waals surface area contributed by atoms with E-state index in [0.29, 0.717) is 11.6 Å². The van der Waals surface area contributed by atoms with Crippen LogP contribution in [0.5, 0.6) is 0 Å². The number of nitro benzene ring substituents is 1. The molecule has 0 radical (unpaired) electrons. The fourth-order valence-corrected chi connectivity index (χ4v) is 3.75. The average molecular weight is 380 g/mol. The van der Waals surface area contributed by atoms with E-state index in [1.165, 1.54) is 19.2 Å². The number of nitrogens with zero attached hydrogens (tertiary/aromatic N) is 3. The molecule has 144 valence electrons. The number of nitrogens with one attached hydrogen (secondary N) is 1. The summed E-state index contributed by atoms with van der Waals surface area (Å²) in [4.78, 5) is 32.9. The van der Waals surface area contributed by atoms with Gasteiger partial charge in [-0.05, 0) is 31.0 Å². The topological polar surface area (TPSA) is 101 Å². The van der Waals surface area contributed by atoms with E-state index in [9.17, 15) is 14.9 Å². The molecule has 2 aromatic carbocycles. The third kappa shape index (κ3) is 3.28.